The van der Waals surface area contributed by atoms with Crippen LogP contribution in [-0.2, 0) is 14.3 Å². The highest BCUT2D eigenvalue weighted by Crippen LogP contribution is 2.25. The van der Waals surface area contributed by atoms with E-state index in [1.165, 1.54) is 18.4 Å². The van der Waals surface area contributed by atoms with Crippen molar-refractivity contribution in [3.63, 3.8) is 0 Å². The fourth-order valence-electron chi connectivity index (χ4n) is 3.20. The molecule has 0 aliphatic heterocycles. The standard InChI is InChI=1S/C20H28N2O4/c1-14(2)22(13-18(23)26-3)20(25)16-10-7-11-17(12-16)21-19(24)15-8-5-4-6-9-15/h7,10-12,14-15H,4-6,8-9,13H2,1-3H3,(H,21,24). The minimum atomic E-state index is -0.464. The molecule has 2 amide bonds. The molecule has 26 heavy (non-hydrogen) atoms. The number of ether oxygens (including phenoxy) is 1. The van der Waals surface area contributed by atoms with Crippen LogP contribution in [-0.4, -0.2) is 42.4 Å². The molecule has 0 atom stereocenters. The maximum Gasteiger partial charge on any atom is 0.325 e. The van der Waals surface area contributed by atoms with Gasteiger partial charge in [0, 0.05) is 23.2 Å². The van der Waals surface area contributed by atoms with Crippen molar-refractivity contribution in [2.24, 2.45) is 5.92 Å². The summed E-state index contributed by atoms with van der Waals surface area (Å²) in [6, 6.07) is 6.71. The highest BCUT2D eigenvalue weighted by molar-refractivity contribution is 5.98. The van der Waals surface area contributed by atoms with Crippen molar-refractivity contribution >= 4 is 23.5 Å². The molecule has 6 nitrogen and oxygen atoms in total. The Hall–Kier alpha value is -2.37. The molecule has 2 rings (SSSR count). The second-order valence-corrected chi connectivity index (χ2v) is 7.01. The van der Waals surface area contributed by atoms with Crippen LogP contribution in [0, 0.1) is 5.92 Å². The van der Waals surface area contributed by atoms with E-state index in [-0.39, 0.29) is 30.3 Å². The molecule has 1 aliphatic carbocycles. The smallest absolute Gasteiger partial charge is 0.325 e. The third-order valence-electron chi connectivity index (χ3n) is 4.76. The average Bonchev–Trinajstić information content (AvgIpc) is 2.66. The lowest BCUT2D eigenvalue weighted by Crippen LogP contribution is -2.41. The number of hydrogen-bond acceptors (Lipinski definition) is 4. The van der Waals surface area contributed by atoms with Crippen molar-refractivity contribution in [2.45, 2.75) is 52.0 Å². The van der Waals surface area contributed by atoms with Crippen LogP contribution in [0.25, 0.3) is 0 Å². The molecule has 0 heterocycles. The minimum absolute atomic E-state index is 0.0181. The molecule has 0 bridgehead atoms. The number of rotatable bonds is 6. The Morgan fingerprint density at radius 1 is 1.19 bits per heavy atom. The molecule has 1 aliphatic rings. The number of nitrogens with zero attached hydrogens (tertiary/aromatic N) is 1. The van der Waals surface area contributed by atoms with Crippen LogP contribution in [0.2, 0.25) is 0 Å². The predicted molar refractivity (Wildman–Crippen MR) is 99.8 cm³/mol. The number of esters is 1. The van der Waals surface area contributed by atoms with Crippen LogP contribution in [0.4, 0.5) is 5.69 Å². The Kier molecular flexibility index (Phi) is 7.18. The molecule has 1 aromatic carbocycles. The van der Waals surface area contributed by atoms with Gasteiger partial charge in [-0.3, -0.25) is 14.4 Å². The van der Waals surface area contributed by atoms with Crippen molar-refractivity contribution in [3.05, 3.63) is 29.8 Å². The Morgan fingerprint density at radius 3 is 2.50 bits per heavy atom. The number of benzene rings is 1. The summed E-state index contributed by atoms with van der Waals surface area (Å²) in [5.41, 5.74) is 1.04. The van der Waals surface area contributed by atoms with Gasteiger partial charge in [-0.25, -0.2) is 0 Å². The first-order valence-corrected chi connectivity index (χ1v) is 9.21. The molecular formula is C20H28N2O4. The highest BCUT2D eigenvalue weighted by atomic mass is 16.5. The zero-order valence-corrected chi connectivity index (χ0v) is 15.8. The molecular weight excluding hydrogens is 332 g/mol. The molecule has 1 N–H and O–H groups in total. The maximum absolute atomic E-state index is 12.8. The Balaban J connectivity index is 2.09. The summed E-state index contributed by atoms with van der Waals surface area (Å²) in [5, 5.41) is 2.93. The number of hydrogen-bond donors (Lipinski definition) is 1. The van der Waals surface area contributed by atoms with Gasteiger partial charge in [0.25, 0.3) is 5.91 Å². The topological polar surface area (TPSA) is 75.7 Å². The number of methoxy groups -OCH3 is 1. The number of anilines is 1. The average molecular weight is 360 g/mol. The Labute approximate surface area is 154 Å². The van der Waals surface area contributed by atoms with E-state index in [1.807, 2.05) is 13.8 Å². The lowest BCUT2D eigenvalue weighted by Gasteiger charge is -2.26. The summed E-state index contributed by atoms with van der Waals surface area (Å²) in [6.07, 6.45) is 5.22. The maximum atomic E-state index is 12.8. The van der Waals surface area contributed by atoms with Gasteiger partial charge in [0.1, 0.15) is 6.54 Å². The fourth-order valence-corrected chi connectivity index (χ4v) is 3.20. The van der Waals surface area contributed by atoms with Crippen LogP contribution in [0.15, 0.2) is 24.3 Å². The van der Waals surface area contributed by atoms with Gasteiger partial charge in [-0.2, -0.15) is 0 Å². The largest absolute Gasteiger partial charge is 0.468 e. The number of carbonyl (C=O) groups excluding carboxylic acids is 3. The predicted octanol–water partition coefficient (Wildman–Crippen LogP) is 3.23. The van der Waals surface area contributed by atoms with Crippen LogP contribution in [0.1, 0.15) is 56.3 Å². The van der Waals surface area contributed by atoms with Crippen LogP contribution < -0.4 is 5.32 Å². The third kappa shape index (κ3) is 5.31. The molecule has 142 valence electrons. The van der Waals surface area contributed by atoms with Gasteiger partial charge in [0.2, 0.25) is 5.91 Å². The Morgan fingerprint density at radius 2 is 1.88 bits per heavy atom. The molecule has 1 aromatic rings. The molecule has 0 spiro atoms. The van der Waals surface area contributed by atoms with E-state index < -0.39 is 5.97 Å². The molecule has 0 saturated heterocycles. The zero-order chi connectivity index (χ0) is 19.1. The lowest BCUT2D eigenvalue weighted by atomic mass is 9.88. The number of nitrogens with one attached hydrogen (secondary N) is 1. The summed E-state index contributed by atoms with van der Waals surface area (Å²) in [4.78, 5) is 38.2. The monoisotopic (exact) mass is 360 g/mol. The first-order chi connectivity index (χ1) is 12.4. The van der Waals surface area contributed by atoms with Crippen LogP contribution in [0.3, 0.4) is 0 Å². The summed E-state index contributed by atoms with van der Waals surface area (Å²) in [6.45, 7) is 3.58. The molecule has 0 unspecified atom stereocenters. The number of carbonyl (C=O) groups is 3. The SMILES string of the molecule is COC(=O)CN(C(=O)c1cccc(NC(=O)C2CCCCC2)c1)C(C)C. The first-order valence-electron chi connectivity index (χ1n) is 9.21. The van der Waals surface area contributed by atoms with Gasteiger partial charge >= 0.3 is 5.97 Å². The van der Waals surface area contributed by atoms with Crippen LogP contribution in [0.5, 0.6) is 0 Å². The second kappa shape index (κ2) is 9.36. The fraction of sp³-hybridized carbons (Fsp3) is 0.550. The van der Waals surface area contributed by atoms with E-state index in [9.17, 15) is 14.4 Å². The van der Waals surface area contributed by atoms with Gasteiger partial charge in [0.15, 0.2) is 0 Å². The van der Waals surface area contributed by atoms with Gasteiger partial charge < -0.3 is 15.0 Å². The molecule has 1 saturated carbocycles. The quantitative estimate of drug-likeness (QED) is 0.790. The van der Waals surface area contributed by atoms with E-state index in [4.69, 9.17) is 0 Å². The van der Waals surface area contributed by atoms with Crippen LogP contribution >= 0.6 is 0 Å². The van der Waals surface area contributed by atoms with E-state index in [0.717, 1.165) is 25.7 Å². The van der Waals surface area contributed by atoms with E-state index in [2.05, 4.69) is 10.1 Å². The molecule has 0 aromatic heterocycles. The van der Waals surface area contributed by atoms with Crippen molar-refractivity contribution in [1.29, 1.82) is 0 Å². The summed E-state index contributed by atoms with van der Waals surface area (Å²) in [5.74, 6) is -0.660. The van der Waals surface area contributed by atoms with Gasteiger partial charge in [-0.1, -0.05) is 25.3 Å². The highest BCUT2D eigenvalue weighted by Gasteiger charge is 2.23. The summed E-state index contributed by atoms with van der Waals surface area (Å²) >= 11 is 0. The van der Waals surface area contributed by atoms with Crippen molar-refractivity contribution < 1.29 is 19.1 Å². The van der Waals surface area contributed by atoms with Crippen molar-refractivity contribution in [1.82, 2.24) is 4.90 Å². The summed E-state index contributed by atoms with van der Waals surface area (Å²) < 4.78 is 4.67. The number of amides is 2. The third-order valence-corrected chi connectivity index (χ3v) is 4.76. The van der Waals surface area contributed by atoms with E-state index in [1.54, 1.807) is 24.3 Å². The first kappa shape index (κ1) is 19.9. The minimum Gasteiger partial charge on any atom is -0.468 e. The van der Waals surface area contributed by atoms with E-state index in [0.29, 0.717) is 11.3 Å². The zero-order valence-electron chi connectivity index (χ0n) is 15.8. The van der Waals surface area contributed by atoms with Gasteiger partial charge in [-0.05, 0) is 44.9 Å². The molecule has 0 radical (unpaired) electrons. The van der Waals surface area contributed by atoms with Gasteiger partial charge in [0.05, 0.1) is 7.11 Å². The summed E-state index contributed by atoms with van der Waals surface area (Å²) in [7, 11) is 1.30. The van der Waals surface area contributed by atoms with Crippen molar-refractivity contribution in [3.8, 4) is 0 Å². The second-order valence-electron chi connectivity index (χ2n) is 7.01. The van der Waals surface area contributed by atoms with Crippen molar-refractivity contribution in [2.75, 3.05) is 19.0 Å². The van der Waals surface area contributed by atoms with Gasteiger partial charge in [-0.15, -0.1) is 0 Å². The normalized spacial score (nSPS) is 14.8. The molecule has 6 heteroatoms. The lowest BCUT2D eigenvalue weighted by molar-refractivity contribution is -0.141. The Bertz CT molecular complexity index is 651. The molecule has 1 fully saturated rings. The van der Waals surface area contributed by atoms with E-state index >= 15 is 0 Å².